The van der Waals surface area contributed by atoms with E-state index in [-0.39, 0.29) is 24.5 Å². The Labute approximate surface area is 116 Å². The third-order valence-corrected chi connectivity index (χ3v) is 3.72. The van der Waals surface area contributed by atoms with Crippen molar-refractivity contribution in [1.82, 2.24) is 4.72 Å². The maximum absolute atomic E-state index is 11.8. The molecule has 0 amide bonds. The first kappa shape index (κ1) is 15.4. The van der Waals surface area contributed by atoms with Crippen molar-refractivity contribution in [3.05, 3.63) is 29.3 Å². The van der Waals surface area contributed by atoms with Crippen LogP contribution in [0.3, 0.4) is 0 Å². The number of nitrogens with one attached hydrogen (secondary N) is 1. The predicted octanol–water partition coefficient (Wildman–Crippen LogP) is 1.08. The van der Waals surface area contributed by atoms with Crippen LogP contribution in [0.4, 0.5) is 0 Å². The van der Waals surface area contributed by atoms with Gasteiger partial charge in [0.2, 0.25) is 10.0 Å². The van der Waals surface area contributed by atoms with E-state index in [0.29, 0.717) is 5.02 Å². The van der Waals surface area contributed by atoms with E-state index < -0.39 is 16.0 Å². The molecule has 0 unspecified atom stereocenters. The number of esters is 1. The molecule has 0 atom stereocenters. The predicted molar refractivity (Wildman–Crippen MR) is 67.8 cm³/mol. The van der Waals surface area contributed by atoms with Crippen LogP contribution in [0.15, 0.2) is 29.2 Å². The maximum Gasteiger partial charge on any atom is 0.308 e. The van der Waals surface area contributed by atoms with E-state index in [1.165, 1.54) is 18.2 Å². The normalized spacial score (nSPS) is 10.7. The van der Waals surface area contributed by atoms with Gasteiger partial charge in [-0.2, -0.15) is 5.26 Å². The Bertz CT molecular complexity index is 595. The van der Waals surface area contributed by atoms with Gasteiger partial charge in [0.25, 0.3) is 0 Å². The van der Waals surface area contributed by atoms with Gasteiger partial charge in [-0.3, -0.25) is 4.79 Å². The van der Waals surface area contributed by atoms with E-state index in [1.807, 2.05) is 0 Å². The lowest BCUT2D eigenvalue weighted by molar-refractivity contribution is -0.142. The summed E-state index contributed by atoms with van der Waals surface area (Å²) in [4.78, 5) is 11.1. The van der Waals surface area contributed by atoms with Crippen molar-refractivity contribution in [3.63, 3.8) is 0 Å². The molecule has 1 rings (SSSR count). The molecule has 0 bridgehead atoms. The number of nitrogens with zero attached hydrogens (tertiary/aromatic N) is 1. The summed E-state index contributed by atoms with van der Waals surface area (Å²) in [5.41, 5.74) is 0. The number of hydrogen-bond donors (Lipinski definition) is 1. The Morgan fingerprint density at radius 3 is 2.84 bits per heavy atom. The van der Waals surface area contributed by atoms with E-state index >= 15 is 0 Å². The summed E-state index contributed by atoms with van der Waals surface area (Å²) < 4.78 is 30.3. The fourth-order valence-electron chi connectivity index (χ4n) is 1.19. The lowest BCUT2D eigenvalue weighted by Gasteiger charge is -2.06. The molecule has 1 aromatic carbocycles. The number of nitriles is 1. The van der Waals surface area contributed by atoms with E-state index in [0.717, 1.165) is 0 Å². The van der Waals surface area contributed by atoms with Crippen LogP contribution < -0.4 is 4.72 Å². The third kappa shape index (κ3) is 5.26. The highest BCUT2D eigenvalue weighted by molar-refractivity contribution is 7.89. The summed E-state index contributed by atoms with van der Waals surface area (Å²) in [5, 5.41) is 8.50. The van der Waals surface area contributed by atoms with Crippen LogP contribution in [-0.2, 0) is 19.6 Å². The fourth-order valence-corrected chi connectivity index (χ4v) is 2.52. The number of carbonyl (C=O) groups excluding carboxylic acids is 1. The number of sulfonamides is 1. The molecule has 0 saturated heterocycles. The highest BCUT2D eigenvalue weighted by Gasteiger charge is 2.14. The second-order valence-electron chi connectivity index (χ2n) is 3.42. The summed E-state index contributed by atoms with van der Waals surface area (Å²) in [7, 11) is -3.71. The van der Waals surface area contributed by atoms with Gasteiger partial charge in [0.1, 0.15) is 6.07 Å². The molecule has 102 valence electrons. The minimum Gasteiger partial charge on any atom is -0.450 e. The molecule has 0 aromatic heterocycles. The second-order valence-corrected chi connectivity index (χ2v) is 5.63. The van der Waals surface area contributed by atoms with Crippen LogP contribution >= 0.6 is 11.6 Å². The highest BCUT2D eigenvalue weighted by Crippen LogP contribution is 2.14. The number of hydrogen-bond acceptors (Lipinski definition) is 5. The van der Waals surface area contributed by atoms with Crippen LogP contribution in [0.25, 0.3) is 0 Å². The van der Waals surface area contributed by atoms with Gasteiger partial charge in [-0.15, -0.1) is 0 Å². The van der Waals surface area contributed by atoms with Crippen molar-refractivity contribution in [1.29, 1.82) is 5.26 Å². The second kappa shape index (κ2) is 7.09. The first-order valence-electron chi connectivity index (χ1n) is 5.23. The first-order chi connectivity index (χ1) is 8.95. The molecule has 0 saturated carbocycles. The van der Waals surface area contributed by atoms with Gasteiger partial charge in [0.15, 0.2) is 6.61 Å². The monoisotopic (exact) mass is 302 g/mol. The van der Waals surface area contributed by atoms with Crippen molar-refractivity contribution in [2.24, 2.45) is 0 Å². The van der Waals surface area contributed by atoms with Gasteiger partial charge in [0, 0.05) is 11.6 Å². The summed E-state index contributed by atoms with van der Waals surface area (Å²) in [5.74, 6) is -0.643. The maximum atomic E-state index is 11.8. The van der Waals surface area contributed by atoms with Gasteiger partial charge in [0.05, 0.1) is 11.3 Å². The van der Waals surface area contributed by atoms with Crippen molar-refractivity contribution in [2.45, 2.75) is 11.3 Å². The van der Waals surface area contributed by atoms with Gasteiger partial charge >= 0.3 is 5.97 Å². The molecule has 19 heavy (non-hydrogen) atoms. The van der Waals surface area contributed by atoms with Crippen molar-refractivity contribution in [2.75, 3.05) is 13.2 Å². The van der Waals surface area contributed by atoms with Crippen LogP contribution in [-0.4, -0.2) is 27.5 Å². The minimum absolute atomic E-state index is 0.0189. The van der Waals surface area contributed by atoms with Gasteiger partial charge in [-0.05, 0) is 18.2 Å². The average Bonchev–Trinajstić information content (AvgIpc) is 2.36. The summed E-state index contributed by atoms with van der Waals surface area (Å²) in [6.07, 6.45) is -0.151. The molecule has 0 radical (unpaired) electrons. The molecular weight excluding hydrogens is 292 g/mol. The largest absolute Gasteiger partial charge is 0.450 e. The van der Waals surface area contributed by atoms with Crippen LogP contribution in [0.5, 0.6) is 0 Å². The Kier molecular flexibility index (Phi) is 5.76. The fraction of sp³-hybridized carbons (Fsp3) is 0.273. The molecule has 8 heteroatoms. The highest BCUT2D eigenvalue weighted by atomic mass is 35.5. The van der Waals surface area contributed by atoms with Gasteiger partial charge in [-0.25, -0.2) is 13.1 Å². The van der Waals surface area contributed by atoms with Gasteiger partial charge in [-0.1, -0.05) is 17.7 Å². The molecule has 6 nitrogen and oxygen atoms in total. The number of benzene rings is 1. The summed E-state index contributed by atoms with van der Waals surface area (Å²) in [6.45, 7) is -0.459. The Balaban J connectivity index is 2.53. The molecule has 1 aromatic rings. The third-order valence-electron chi connectivity index (χ3n) is 2.03. The van der Waals surface area contributed by atoms with Crippen molar-refractivity contribution >= 4 is 27.6 Å². The van der Waals surface area contributed by atoms with Crippen LogP contribution in [0.1, 0.15) is 6.42 Å². The molecule has 0 spiro atoms. The Morgan fingerprint density at radius 1 is 1.47 bits per heavy atom. The minimum atomic E-state index is -3.71. The number of ether oxygens (including phenoxy) is 1. The number of carbonyl (C=O) groups is 1. The van der Waals surface area contributed by atoms with E-state index in [1.54, 1.807) is 12.1 Å². The van der Waals surface area contributed by atoms with E-state index in [2.05, 4.69) is 9.46 Å². The zero-order chi connectivity index (χ0) is 14.3. The van der Waals surface area contributed by atoms with Gasteiger partial charge < -0.3 is 4.74 Å². The van der Waals surface area contributed by atoms with Crippen LogP contribution in [0.2, 0.25) is 5.02 Å². The zero-order valence-electron chi connectivity index (χ0n) is 9.80. The first-order valence-corrected chi connectivity index (χ1v) is 7.09. The summed E-state index contributed by atoms with van der Waals surface area (Å²) >= 11 is 5.70. The standard InChI is InChI=1S/C11H11ClN2O4S/c12-9-2-1-3-10(8-9)19(16,17)14-6-4-11(15)18-7-5-13/h1-3,8,14H,4,6-7H2. The molecular formula is C11H11ClN2O4S. The SMILES string of the molecule is N#CCOC(=O)CCNS(=O)(=O)c1cccc(Cl)c1. The smallest absolute Gasteiger partial charge is 0.308 e. The van der Waals surface area contributed by atoms with Crippen molar-refractivity contribution in [3.8, 4) is 6.07 Å². The molecule has 0 aliphatic carbocycles. The zero-order valence-corrected chi connectivity index (χ0v) is 11.4. The average molecular weight is 303 g/mol. The lowest BCUT2D eigenvalue weighted by atomic mass is 10.4. The molecule has 0 aliphatic rings. The molecule has 1 N–H and O–H groups in total. The molecule has 0 heterocycles. The topological polar surface area (TPSA) is 96.3 Å². The van der Waals surface area contributed by atoms with E-state index in [9.17, 15) is 13.2 Å². The van der Waals surface area contributed by atoms with E-state index in [4.69, 9.17) is 16.9 Å². The lowest BCUT2D eigenvalue weighted by Crippen LogP contribution is -2.26. The Morgan fingerprint density at radius 2 is 2.21 bits per heavy atom. The molecule has 0 fully saturated rings. The Hall–Kier alpha value is -1.62. The molecule has 0 aliphatic heterocycles. The van der Waals surface area contributed by atoms with Crippen molar-refractivity contribution < 1.29 is 17.9 Å². The number of halogens is 1. The number of rotatable bonds is 6. The quantitative estimate of drug-likeness (QED) is 0.793. The van der Waals surface area contributed by atoms with Crippen LogP contribution in [0, 0.1) is 11.3 Å². The summed E-state index contributed by atoms with van der Waals surface area (Å²) in [6, 6.07) is 7.40.